The largest absolute Gasteiger partial charge is 0.378 e. The molecule has 1 aromatic rings. The molecule has 1 atom stereocenters. The van der Waals surface area contributed by atoms with E-state index in [9.17, 15) is 4.79 Å². The summed E-state index contributed by atoms with van der Waals surface area (Å²) in [7, 11) is 3.95. The maximum atomic E-state index is 12.4. The van der Waals surface area contributed by atoms with Gasteiger partial charge in [0, 0.05) is 44.5 Å². The lowest BCUT2D eigenvalue weighted by Crippen LogP contribution is -2.39. The number of nitrogens with zero attached hydrogens (tertiary/aromatic N) is 2. The average Bonchev–Trinajstić information content (AvgIpc) is 2.86. The highest BCUT2D eigenvalue weighted by Gasteiger charge is 2.28. The van der Waals surface area contributed by atoms with Gasteiger partial charge in [-0.3, -0.25) is 4.79 Å². The van der Waals surface area contributed by atoms with Crippen LogP contribution in [-0.4, -0.2) is 44.0 Å². The van der Waals surface area contributed by atoms with Crippen molar-refractivity contribution < 1.29 is 4.79 Å². The van der Waals surface area contributed by atoms with Gasteiger partial charge in [0.1, 0.15) is 0 Å². The average molecular weight is 247 g/mol. The summed E-state index contributed by atoms with van der Waals surface area (Å²) in [6.45, 7) is 1.38. The topological polar surface area (TPSA) is 49.6 Å². The lowest BCUT2D eigenvalue weighted by atomic mass is 10.1. The number of amides is 1. The third-order valence-corrected chi connectivity index (χ3v) is 3.52. The van der Waals surface area contributed by atoms with Crippen LogP contribution >= 0.6 is 0 Å². The molecule has 1 aliphatic heterocycles. The molecule has 0 bridgehead atoms. The molecule has 1 unspecified atom stereocenters. The fraction of sp³-hybridized carbons (Fsp3) is 0.500. The minimum absolute atomic E-state index is 0.103. The molecule has 1 amide bonds. The highest BCUT2D eigenvalue weighted by molar-refractivity contribution is 5.95. The molecule has 4 nitrogen and oxygen atoms in total. The molecule has 2 rings (SSSR count). The van der Waals surface area contributed by atoms with Gasteiger partial charge in [0.2, 0.25) is 0 Å². The van der Waals surface area contributed by atoms with Crippen LogP contribution in [0.1, 0.15) is 23.2 Å². The van der Waals surface area contributed by atoms with Crippen molar-refractivity contribution in [1.29, 1.82) is 0 Å². The number of rotatable bonds is 3. The first-order chi connectivity index (χ1) is 8.63. The minimum Gasteiger partial charge on any atom is -0.378 e. The fourth-order valence-electron chi connectivity index (χ4n) is 2.43. The molecule has 1 aromatic carbocycles. The summed E-state index contributed by atoms with van der Waals surface area (Å²) in [5.74, 6) is 0.103. The van der Waals surface area contributed by atoms with Gasteiger partial charge in [-0.2, -0.15) is 0 Å². The van der Waals surface area contributed by atoms with E-state index in [-0.39, 0.29) is 11.9 Å². The van der Waals surface area contributed by atoms with Crippen LogP contribution in [0.5, 0.6) is 0 Å². The van der Waals surface area contributed by atoms with E-state index in [0.717, 1.165) is 30.6 Å². The van der Waals surface area contributed by atoms with E-state index >= 15 is 0 Å². The molecule has 1 aliphatic rings. The first kappa shape index (κ1) is 12.9. The molecule has 98 valence electrons. The van der Waals surface area contributed by atoms with E-state index < -0.39 is 0 Å². The number of hydrogen-bond acceptors (Lipinski definition) is 3. The van der Waals surface area contributed by atoms with Gasteiger partial charge in [-0.15, -0.1) is 0 Å². The zero-order valence-electron chi connectivity index (χ0n) is 11.1. The molecule has 0 aromatic heterocycles. The van der Waals surface area contributed by atoms with Gasteiger partial charge >= 0.3 is 0 Å². The Balaban J connectivity index is 2.20. The SMILES string of the molecule is CN(C)c1cccc(C(=O)N2CCCC2CN)c1. The van der Waals surface area contributed by atoms with Crippen LogP contribution in [0.4, 0.5) is 5.69 Å². The summed E-state index contributed by atoms with van der Waals surface area (Å²) in [5.41, 5.74) is 7.51. The Hall–Kier alpha value is -1.55. The van der Waals surface area contributed by atoms with Gasteiger partial charge in [0.25, 0.3) is 5.91 Å². The number of benzene rings is 1. The number of likely N-dealkylation sites (tertiary alicyclic amines) is 1. The Kier molecular flexibility index (Phi) is 3.87. The molecule has 0 radical (unpaired) electrons. The van der Waals surface area contributed by atoms with E-state index in [1.807, 2.05) is 48.2 Å². The Morgan fingerprint density at radius 2 is 2.28 bits per heavy atom. The van der Waals surface area contributed by atoms with Gasteiger partial charge < -0.3 is 15.5 Å². The zero-order valence-corrected chi connectivity index (χ0v) is 11.1. The van der Waals surface area contributed by atoms with Crippen LogP contribution in [0, 0.1) is 0 Å². The second-order valence-corrected chi connectivity index (χ2v) is 4.98. The first-order valence-corrected chi connectivity index (χ1v) is 6.42. The van der Waals surface area contributed by atoms with E-state index in [0.29, 0.717) is 6.54 Å². The van der Waals surface area contributed by atoms with Crippen molar-refractivity contribution in [2.45, 2.75) is 18.9 Å². The molecule has 1 saturated heterocycles. The highest BCUT2D eigenvalue weighted by Crippen LogP contribution is 2.21. The number of carbonyl (C=O) groups excluding carboxylic acids is 1. The number of hydrogen-bond donors (Lipinski definition) is 1. The minimum atomic E-state index is 0.103. The number of nitrogens with two attached hydrogens (primary N) is 1. The van der Waals surface area contributed by atoms with Gasteiger partial charge in [0.05, 0.1) is 0 Å². The van der Waals surface area contributed by atoms with Crippen LogP contribution in [0.3, 0.4) is 0 Å². The molecule has 2 N–H and O–H groups in total. The van der Waals surface area contributed by atoms with Gasteiger partial charge in [0.15, 0.2) is 0 Å². The van der Waals surface area contributed by atoms with Crippen molar-refractivity contribution in [1.82, 2.24) is 4.90 Å². The molecule has 18 heavy (non-hydrogen) atoms. The van der Waals surface area contributed by atoms with Crippen LogP contribution in [0.15, 0.2) is 24.3 Å². The Morgan fingerprint density at radius 1 is 1.50 bits per heavy atom. The summed E-state index contributed by atoms with van der Waals surface area (Å²) in [6, 6.07) is 7.95. The van der Waals surface area contributed by atoms with Crippen LogP contribution in [0.25, 0.3) is 0 Å². The molecule has 1 heterocycles. The Labute approximate surface area is 108 Å². The second kappa shape index (κ2) is 5.40. The molecule has 0 spiro atoms. The van der Waals surface area contributed by atoms with Crippen LogP contribution in [0.2, 0.25) is 0 Å². The van der Waals surface area contributed by atoms with Gasteiger partial charge in [-0.05, 0) is 31.0 Å². The van der Waals surface area contributed by atoms with Crippen molar-refractivity contribution in [3.63, 3.8) is 0 Å². The summed E-state index contributed by atoms with van der Waals surface area (Å²) >= 11 is 0. The Morgan fingerprint density at radius 3 is 2.94 bits per heavy atom. The molecule has 0 saturated carbocycles. The third kappa shape index (κ3) is 2.48. The summed E-state index contributed by atoms with van der Waals surface area (Å²) in [4.78, 5) is 16.4. The number of anilines is 1. The van der Waals surface area contributed by atoms with Crippen LogP contribution in [-0.2, 0) is 0 Å². The number of carbonyl (C=O) groups is 1. The highest BCUT2D eigenvalue weighted by atomic mass is 16.2. The van der Waals surface area contributed by atoms with Crippen molar-refractivity contribution in [2.24, 2.45) is 5.73 Å². The molecular weight excluding hydrogens is 226 g/mol. The summed E-state index contributed by atoms with van der Waals surface area (Å²) < 4.78 is 0. The maximum absolute atomic E-state index is 12.4. The summed E-state index contributed by atoms with van der Waals surface area (Å²) in [5, 5.41) is 0. The predicted molar refractivity (Wildman–Crippen MR) is 73.9 cm³/mol. The van der Waals surface area contributed by atoms with E-state index in [1.54, 1.807) is 0 Å². The van der Waals surface area contributed by atoms with Crippen molar-refractivity contribution in [2.75, 3.05) is 32.1 Å². The van der Waals surface area contributed by atoms with E-state index in [1.165, 1.54) is 0 Å². The fourth-order valence-corrected chi connectivity index (χ4v) is 2.43. The van der Waals surface area contributed by atoms with E-state index in [4.69, 9.17) is 5.73 Å². The van der Waals surface area contributed by atoms with E-state index in [2.05, 4.69) is 0 Å². The molecular formula is C14H21N3O. The first-order valence-electron chi connectivity index (χ1n) is 6.42. The van der Waals surface area contributed by atoms with Crippen molar-refractivity contribution in [3.05, 3.63) is 29.8 Å². The third-order valence-electron chi connectivity index (χ3n) is 3.52. The normalized spacial score (nSPS) is 19.1. The predicted octanol–water partition coefficient (Wildman–Crippen LogP) is 1.32. The quantitative estimate of drug-likeness (QED) is 0.876. The second-order valence-electron chi connectivity index (χ2n) is 4.98. The molecule has 0 aliphatic carbocycles. The van der Waals surface area contributed by atoms with Crippen molar-refractivity contribution >= 4 is 11.6 Å². The lowest BCUT2D eigenvalue weighted by molar-refractivity contribution is 0.0741. The van der Waals surface area contributed by atoms with Crippen LogP contribution < -0.4 is 10.6 Å². The lowest BCUT2D eigenvalue weighted by Gasteiger charge is -2.24. The van der Waals surface area contributed by atoms with Gasteiger partial charge in [-0.1, -0.05) is 6.07 Å². The van der Waals surface area contributed by atoms with Crippen molar-refractivity contribution in [3.8, 4) is 0 Å². The molecule has 1 fully saturated rings. The zero-order chi connectivity index (χ0) is 13.1. The molecule has 4 heteroatoms. The summed E-state index contributed by atoms with van der Waals surface area (Å²) in [6.07, 6.45) is 2.08. The maximum Gasteiger partial charge on any atom is 0.254 e. The monoisotopic (exact) mass is 247 g/mol. The smallest absolute Gasteiger partial charge is 0.254 e. The van der Waals surface area contributed by atoms with Gasteiger partial charge in [-0.25, -0.2) is 0 Å². The standard InChI is InChI=1S/C14H21N3O/c1-16(2)12-6-3-5-11(9-12)14(18)17-8-4-7-13(17)10-15/h3,5-6,9,13H,4,7-8,10,15H2,1-2H3. The Bertz CT molecular complexity index is 431.